The summed E-state index contributed by atoms with van der Waals surface area (Å²) in [6, 6.07) is 21.6. The van der Waals surface area contributed by atoms with E-state index < -0.39 is 0 Å². The quantitative estimate of drug-likeness (QED) is 0.183. The zero-order valence-corrected chi connectivity index (χ0v) is 23.0. The predicted octanol–water partition coefficient (Wildman–Crippen LogP) is 6.68. The van der Waals surface area contributed by atoms with Gasteiger partial charge in [-0.15, -0.1) is 0 Å². The average molecular weight is 534 g/mol. The lowest BCUT2D eigenvalue weighted by Gasteiger charge is -2.12. The molecule has 1 heterocycles. The SMILES string of the molecule is Cc1ccc(OCCCn2c(CCCCCNC(=O)COc3ccc(Cl)cc3)nc3ccccc32)c(C)c1. The molecule has 0 aliphatic heterocycles. The number of fused-ring (bicyclic) bond motifs is 1. The Bertz CT molecular complexity index is 1330. The summed E-state index contributed by atoms with van der Waals surface area (Å²) < 4.78 is 13.9. The molecule has 0 saturated carbocycles. The first-order valence-corrected chi connectivity index (χ1v) is 13.7. The van der Waals surface area contributed by atoms with Gasteiger partial charge in [-0.1, -0.05) is 47.9 Å². The first-order valence-electron chi connectivity index (χ1n) is 13.3. The number of rotatable bonds is 14. The smallest absolute Gasteiger partial charge is 0.257 e. The summed E-state index contributed by atoms with van der Waals surface area (Å²) in [5.41, 5.74) is 4.62. The second-order valence-electron chi connectivity index (χ2n) is 9.54. The Morgan fingerprint density at radius 3 is 2.58 bits per heavy atom. The minimum Gasteiger partial charge on any atom is -0.493 e. The van der Waals surface area contributed by atoms with Crippen LogP contribution in [0.5, 0.6) is 11.5 Å². The number of amides is 1. The molecule has 4 aromatic rings. The molecule has 7 heteroatoms. The van der Waals surface area contributed by atoms with Crippen molar-refractivity contribution in [3.05, 3.63) is 88.7 Å². The minimum atomic E-state index is -0.121. The number of halogens is 1. The van der Waals surface area contributed by atoms with Gasteiger partial charge in [-0.05, 0) is 81.1 Å². The molecule has 0 fully saturated rings. The molecular weight excluding hydrogens is 498 g/mol. The number of benzene rings is 3. The van der Waals surface area contributed by atoms with Crippen LogP contribution in [0.25, 0.3) is 11.0 Å². The molecule has 3 aromatic carbocycles. The van der Waals surface area contributed by atoms with Crippen molar-refractivity contribution in [3.63, 3.8) is 0 Å². The fourth-order valence-electron chi connectivity index (χ4n) is 4.48. The minimum absolute atomic E-state index is 0.00114. The van der Waals surface area contributed by atoms with Crippen LogP contribution in [-0.2, 0) is 17.8 Å². The number of ether oxygens (including phenoxy) is 2. The van der Waals surface area contributed by atoms with Gasteiger partial charge in [0.25, 0.3) is 5.91 Å². The monoisotopic (exact) mass is 533 g/mol. The van der Waals surface area contributed by atoms with Crippen LogP contribution in [0.3, 0.4) is 0 Å². The van der Waals surface area contributed by atoms with Crippen LogP contribution < -0.4 is 14.8 Å². The standard InChI is InChI=1S/C31H36ClN3O3/c1-23-12-17-29(24(2)21-23)37-20-8-19-35-28-10-6-5-9-27(28)34-30(35)11-4-3-7-18-33-31(36)22-38-26-15-13-25(32)14-16-26/h5-6,9-10,12-17,21H,3-4,7-8,11,18-20,22H2,1-2H3,(H,33,36). The summed E-state index contributed by atoms with van der Waals surface area (Å²) in [4.78, 5) is 17.0. The van der Waals surface area contributed by atoms with E-state index >= 15 is 0 Å². The van der Waals surface area contributed by atoms with Gasteiger partial charge >= 0.3 is 0 Å². The number of aromatic nitrogens is 2. The first-order chi connectivity index (χ1) is 18.5. The summed E-state index contributed by atoms with van der Waals surface area (Å²) in [6.07, 6.45) is 4.75. The van der Waals surface area contributed by atoms with E-state index in [1.54, 1.807) is 24.3 Å². The number of hydrogen-bond acceptors (Lipinski definition) is 4. The number of nitrogens with one attached hydrogen (secondary N) is 1. The maximum Gasteiger partial charge on any atom is 0.257 e. The fourth-order valence-corrected chi connectivity index (χ4v) is 4.60. The molecule has 4 rings (SSSR count). The van der Waals surface area contributed by atoms with Crippen molar-refractivity contribution in [1.29, 1.82) is 0 Å². The molecule has 0 spiro atoms. The third kappa shape index (κ3) is 7.99. The number of para-hydroxylation sites is 2. The van der Waals surface area contributed by atoms with Crippen LogP contribution in [-0.4, -0.2) is 35.2 Å². The molecular formula is C31H36ClN3O3. The molecule has 1 amide bonds. The number of hydrogen-bond donors (Lipinski definition) is 1. The molecule has 0 bridgehead atoms. The summed E-state index contributed by atoms with van der Waals surface area (Å²) in [6.45, 7) is 6.35. The average Bonchev–Trinajstić information content (AvgIpc) is 3.26. The van der Waals surface area contributed by atoms with Gasteiger partial charge in [0.2, 0.25) is 0 Å². The molecule has 38 heavy (non-hydrogen) atoms. The summed E-state index contributed by atoms with van der Waals surface area (Å²) in [5.74, 6) is 2.57. The van der Waals surface area contributed by atoms with Crippen LogP contribution >= 0.6 is 11.6 Å². The predicted molar refractivity (Wildman–Crippen MR) is 153 cm³/mol. The number of aryl methyl sites for hydroxylation is 4. The molecule has 0 unspecified atom stereocenters. The zero-order chi connectivity index (χ0) is 26.7. The van der Waals surface area contributed by atoms with Crippen LogP contribution in [0.4, 0.5) is 0 Å². The summed E-state index contributed by atoms with van der Waals surface area (Å²) >= 11 is 5.87. The topological polar surface area (TPSA) is 65.4 Å². The Morgan fingerprint density at radius 1 is 0.947 bits per heavy atom. The normalized spacial score (nSPS) is 11.0. The van der Waals surface area contributed by atoms with Crippen molar-refractivity contribution in [1.82, 2.24) is 14.9 Å². The molecule has 0 radical (unpaired) electrons. The maximum absolute atomic E-state index is 12.0. The van der Waals surface area contributed by atoms with Crippen molar-refractivity contribution < 1.29 is 14.3 Å². The van der Waals surface area contributed by atoms with Gasteiger partial charge < -0.3 is 19.4 Å². The van der Waals surface area contributed by atoms with Crippen LogP contribution in [0.1, 0.15) is 42.6 Å². The van der Waals surface area contributed by atoms with Crippen molar-refractivity contribution in [3.8, 4) is 11.5 Å². The van der Waals surface area contributed by atoms with Gasteiger partial charge in [0.05, 0.1) is 17.6 Å². The van der Waals surface area contributed by atoms with Crippen LogP contribution in [0.15, 0.2) is 66.7 Å². The van der Waals surface area contributed by atoms with Gasteiger partial charge in [-0.2, -0.15) is 0 Å². The lowest BCUT2D eigenvalue weighted by Crippen LogP contribution is -2.29. The van der Waals surface area contributed by atoms with E-state index in [0.717, 1.165) is 55.7 Å². The van der Waals surface area contributed by atoms with Crippen LogP contribution in [0, 0.1) is 13.8 Å². The van der Waals surface area contributed by atoms with E-state index in [4.69, 9.17) is 26.1 Å². The van der Waals surface area contributed by atoms with Crippen LogP contribution in [0.2, 0.25) is 5.02 Å². The largest absolute Gasteiger partial charge is 0.493 e. The maximum atomic E-state index is 12.0. The highest BCUT2D eigenvalue weighted by Crippen LogP contribution is 2.21. The molecule has 1 aromatic heterocycles. The van der Waals surface area contributed by atoms with Gasteiger partial charge in [-0.25, -0.2) is 4.98 Å². The number of carbonyl (C=O) groups is 1. The van der Waals surface area contributed by atoms with E-state index in [1.807, 2.05) is 6.07 Å². The van der Waals surface area contributed by atoms with Gasteiger partial charge in [0.15, 0.2) is 6.61 Å². The molecule has 1 N–H and O–H groups in total. The lowest BCUT2D eigenvalue weighted by molar-refractivity contribution is -0.123. The second kappa shape index (κ2) is 13.9. The van der Waals surface area contributed by atoms with Crippen molar-refractivity contribution in [2.75, 3.05) is 19.8 Å². The van der Waals surface area contributed by atoms with Crippen molar-refractivity contribution in [2.24, 2.45) is 0 Å². The number of carbonyl (C=O) groups excluding carboxylic acids is 1. The molecule has 0 aliphatic rings. The second-order valence-corrected chi connectivity index (χ2v) is 9.98. The third-order valence-electron chi connectivity index (χ3n) is 6.43. The van der Waals surface area contributed by atoms with Crippen molar-refractivity contribution >= 4 is 28.5 Å². The summed E-state index contributed by atoms with van der Waals surface area (Å²) in [5, 5.41) is 3.56. The first kappa shape index (κ1) is 27.5. The highest BCUT2D eigenvalue weighted by Gasteiger charge is 2.11. The highest BCUT2D eigenvalue weighted by atomic mass is 35.5. The molecule has 0 atom stereocenters. The molecule has 0 aliphatic carbocycles. The number of unbranched alkanes of at least 4 members (excludes halogenated alkanes) is 2. The van der Waals surface area contributed by atoms with E-state index in [2.05, 4.69) is 60.1 Å². The third-order valence-corrected chi connectivity index (χ3v) is 6.68. The molecule has 200 valence electrons. The van der Waals surface area contributed by atoms with Gasteiger partial charge in [0, 0.05) is 24.5 Å². The fraction of sp³-hybridized carbons (Fsp3) is 0.355. The van der Waals surface area contributed by atoms with Gasteiger partial charge in [0.1, 0.15) is 17.3 Å². The Labute approximate surface area is 229 Å². The van der Waals surface area contributed by atoms with E-state index in [-0.39, 0.29) is 12.5 Å². The molecule has 6 nitrogen and oxygen atoms in total. The lowest BCUT2D eigenvalue weighted by atomic mass is 10.1. The zero-order valence-electron chi connectivity index (χ0n) is 22.2. The van der Waals surface area contributed by atoms with E-state index in [0.29, 0.717) is 23.9 Å². The number of imidazole rings is 1. The highest BCUT2D eigenvalue weighted by molar-refractivity contribution is 6.30. The summed E-state index contributed by atoms with van der Waals surface area (Å²) in [7, 11) is 0. The number of nitrogens with zero attached hydrogens (tertiary/aromatic N) is 2. The van der Waals surface area contributed by atoms with Gasteiger partial charge in [-0.3, -0.25) is 4.79 Å². The Morgan fingerprint density at radius 2 is 1.76 bits per heavy atom. The van der Waals surface area contributed by atoms with E-state index in [9.17, 15) is 4.79 Å². The molecule has 0 saturated heterocycles. The Balaban J connectivity index is 1.19. The van der Waals surface area contributed by atoms with Crippen molar-refractivity contribution in [2.45, 2.75) is 52.5 Å². The Hall–Kier alpha value is -3.51. The van der Waals surface area contributed by atoms with E-state index in [1.165, 1.54) is 16.6 Å². The Kier molecular flexibility index (Phi) is 10.0.